The van der Waals surface area contributed by atoms with Crippen LogP contribution in [0.5, 0.6) is 0 Å². The molecule has 4 heteroatoms. The number of hydrogen-bond acceptors (Lipinski definition) is 2. The first-order valence-electron chi connectivity index (χ1n) is 6.87. The SMILES string of the molecule is Cl.NCCCCCCCCCCC/C=C/C(=O)O. The summed E-state index contributed by atoms with van der Waals surface area (Å²) in [4.78, 5) is 10.2. The van der Waals surface area contributed by atoms with Crippen molar-refractivity contribution in [3.63, 3.8) is 0 Å². The lowest BCUT2D eigenvalue weighted by molar-refractivity contribution is -0.131. The molecule has 0 aliphatic heterocycles. The highest BCUT2D eigenvalue weighted by Gasteiger charge is 1.92. The third-order valence-corrected chi connectivity index (χ3v) is 2.84. The van der Waals surface area contributed by atoms with Crippen LogP contribution in [0.1, 0.15) is 64.2 Å². The van der Waals surface area contributed by atoms with Crippen LogP contribution in [-0.4, -0.2) is 17.6 Å². The molecule has 0 aromatic carbocycles. The Morgan fingerprint density at radius 3 is 1.78 bits per heavy atom. The maximum Gasteiger partial charge on any atom is 0.327 e. The second-order valence-electron chi connectivity index (χ2n) is 4.50. The number of carboxylic acid groups (broad SMARTS) is 1. The minimum atomic E-state index is -0.845. The summed E-state index contributed by atoms with van der Waals surface area (Å²) in [7, 11) is 0. The van der Waals surface area contributed by atoms with Crippen LogP contribution in [0.3, 0.4) is 0 Å². The number of aliphatic carboxylic acids is 1. The molecule has 0 atom stereocenters. The number of halogens is 1. The van der Waals surface area contributed by atoms with Gasteiger partial charge in [-0.3, -0.25) is 0 Å². The number of carbonyl (C=O) groups is 1. The minimum absolute atomic E-state index is 0. The molecule has 0 rings (SSSR count). The second kappa shape index (κ2) is 16.5. The van der Waals surface area contributed by atoms with E-state index < -0.39 is 5.97 Å². The average Bonchev–Trinajstić information content (AvgIpc) is 2.30. The molecule has 0 aromatic heterocycles. The van der Waals surface area contributed by atoms with Crippen molar-refractivity contribution in [2.75, 3.05) is 6.54 Å². The first-order chi connectivity index (χ1) is 8.27. The van der Waals surface area contributed by atoms with Crippen LogP contribution >= 0.6 is 12.4 Å². The summed E-state index contributed by atoms with van der Waals surface area (Å²) in [5.41, 5.74) is 5.43. The number of carboxylic acids is 1. The fourth-order valence-corrected chi connectivity index (χ4v) is 1.83. The molecular formula is C14H28ClNO2. The summed E-state index contributed by atoms with van der Waals surface area (Å²) in [5, 5.41) is 8.38. The van der Waals surface area contributed by atoms with Gasteiger partial charge in [-0.25, -0.2) is 4.79 Å². The van der Waals surface area contributed by atoms with Gasteiger partial charge in [-0.15, -0.1) is 12.4 Å². The highest BCUT2D eigenvalue weighted by atomic mass is 35.5. The first kappa shape index (κ1) is 19.8. The lowest BCUT2D eigenvalue weighted by Crippen LogP contribution is -1.97. The van der Waals surface area contributed by atoms with Crippen molar-refractivity contribution in [3.8, 4) is 0 Å². The second-order valence-corrected chi connectivity index (χ2v) is 4.50. The molecule has 0 aliphatic carbocycles. The van der Waals surface area contributed by atoms with Gasteiger partial charge in [0.05, 0.1) is 0 Å². The predicted octanol–water partition coefficient (Wildman–Crippen LogP) is 3.91. The lowest BCUT2D eigenvalue weighted by atomic mass is 10.1. The molecular weight excluding hydrogens is 250 g/mol. The van der Waals surface area contributed by atoms with Crippen LogP contribution in [0.2, 0.25) is 0 Å². The van der Waals surface area contributed by atoms with E-state index in [1.54, 1.807) is 6.08 Å². The molecule has 0 unspecified atom stereocenters. The molecule has 0 radical (unpaired) electrons. The zero-order chi connectivity index (χ0) is 12.8. The summed E-state index contributed by atoms with van der Waals surface area (Å²) in [6.45, 7) is 0.823. The normalized spacial score (nSPS) is 10.5. The Kier molecular flexibility index (Phi) is 18.1. The quantitative estimate of drug-likeness (QED) is 0.420. The maximum atomic E-state index is 10.2. The zero-order valence-corrected chi connectivity index (χ0v) is 12.1. The molecule has 0 aliphatic rings. The third kappa shape index (κ3) is 17.8. The van der Waals surface area contributed by atoms with E-state index in [2.05, 4.69) is 0 Å². The van der Waals surface area contributed by atoms with Gasteiger partial charge in [0.15, 0.2) is 0 Å². The average molecular weight is 278 g/mol. The van der Waals surface area contributed by atoms with Crippen molar-refractivity contribution < 1.29 is 9.90 Å². The lowest BCUT2D eigenvalue weighted by Gasteiger charge is -2.01. The standard InChI is InChI=1S/C14H27NO2.ClH/c15-13-11-9-7-5-3-1-2-4-6-8-10-12-14(16)17;/h10,12H,1-9,11,13,15H2,(H,16,17);1H/b12-10+;. The predicted molar refractivity (Wildman–Crippen MR) is 79.2 cm³/mol. The largest absolute Gasteiger partial charge is 0.478 e. The molecule has 0 bridgehead atoms. The summed E-state index contributed by atoms with van der Waals surface area (Å²) in [6, 6.07) is 0. The monoisotopic (exact) mass is 277 g/mol. The molecule has 0 saturated heterocycles. The summed E-state index contributed by atoms with van der Waals surface area (Å²) in [5.74, 6) is -0.845. The van der Waals surface area contributed by atoms with Crippen LogP contribution in [-0.2, 0) is 4.79 Å². The zero-order valence-electron chi connectivity index (χ0n) is 11.3. The van der Waals surface area contributed by atoms with Gasteiger partial charge in [0, 0.05) is 6.08 Å². The molecule has 0 heterocycles. The summed E-state index contributed by atoms with van der Waals surface area (Å²) >= 11 is 0. The highest BCUT2D eigenvalue weighted by molar-refractivity contribution is 5.85. The van der Waals surface area contributed by atoms with E-state index in [1.807, 2.05) is 0 Å². The molecule has 0 amide bonds. The number of nitrogens with two attached hydrogens (primary N) is 1. The molecule has 0 saturated carbocycles. The summed E-state index contributed by atoms with van der Waals surface area (Å²) < 4.78 is 0. The third-order valence-electron chi connectivity index (χ3n) is 2.84. The van der Waals surface area contributed by atoms with Gasteiger partial charge in [-0.1, -0.05) is 51.0 Å². The van der Waals surface area contributed by atoms with Gasteiger partial charge >= 0.3 is 5.97 Å². The smallest absolute Gasteiger partial charge is 0.327 e. The van der Waals surface area contributed by atoms with E-state index in [-0.39, 0.29) is 12.4 Å². The van der Waals surface area contributed by atoms with Gasteiger partial charge in [-0.05, 0) is 25.8 Å². The number of hydrogen-bond donors (Lipinski definition) is 2. The minimum Gasteiger partial charge on any atom is -0.478 e. The number of allylic oxidation sites excluding steroid dienone is 1. The molecule has 3 nitrogen and oxygen atoms in total. The Labute approximate surface area is 117 Å². The van der Waals surface area contributed by atoms with Crippen molar-refractivity contribution in [1.29, 1.82) is 0 Å². The Bertz CT molecular complexity index is 208. The fraction of sp³-hybridized carbons (Fsp3) is 0.786. The van der Waals surface area contributed by atoms with E-state index in [1.165, 1.54) is 51.0 Å². The molecule has 18 heavy (non-hydrogen) atoms. The van der Waals surface area contributed by atoms with E-state index in [9.17, 15) is 4.79 Å². The molecule has 0 aromatic rings. The van der Waals surface area contributed by atoms with Crippen molar-refractivity contribution in [3.05, 3.63) is 12.2 Å². The Morgan fingerprint density at radius 2 is 1.33 bits per heavy atom. The van der Waals surface area contributed by atoms with Crippen LogP contribution < -0.4 is 5.73 Å². The van der Waals surface area contributed by atoms with E-state index in [4.69, 9.17) is 10.8 Å². The van der Waals surface area contributed by atoms with Crippen molar-refractivity contribution in [1.82, 2.24) is 0 Å². The van der Waals surface area contributed by atoms with Crippen molar-refractivity contribution >= 4 is 18.4 Å². The molecule has 3 N–H and O–H groups in total. The maximum absolute atomic E-state index is 10.2. The van der Waals surface area contributed by atoms with Crippen LogP contribution in [0.25, 0.3) is 0 Å². The molecule has 0 fully saturated rings. The number of unbranched alkanes of at least 4 members (excludes halogenated alkanes) is 9. The summed E-state index contributed by atoms with van der Waals surface area (Å²) in [6.07, 6.45) is 15.2. The van der Waals surface area contributed by atoms with Crippen LogP contribution in [0, 0.1) is 0 Å². The number of rotatable bonds is 12. The van der Waals surface area contributed by atoms with Crippen molar-refractivity contribution in [2.45, 2.75) is 64.2 Å². The molecule has 0 spiro atoms. The van der Waals surface area contributed by atoms with Crippen LogP contribution in [0.4, 0.5) is 0 Å². The van der Waals surface area contributed by atoms with Crippen LogP contribution in [0.15, 0.2) is 12.2 Å². The van der Waals surface area contributed by atoms with E-state index >= 15 is 0 Å². The Morgan fingerprint density at radius 1 is 0.889 bits per heavy atom. The topological polar surface area (TPSA) is 63.3 Å². The van der Waals surface area contributed by atoms with Crippen molar-refractivity contribution in [2.24, 2.45) is 5.73 Å². The van der Waals surface area contributed by atoms with Gasteiger partial charge < -0.3 is 10.8 Å². The van der Waals surface area contributed by atoms with E-state index in [0.29, 0.717) is 0 Å². The van der Waals surface area contributed by atoms with E-state index in [0.717, 1.165) is 25.8 Å². The first-order valence-corrected chi connectivity index (χ1v) is 6.87. The van der Waals surface area contributed by atoms with Gasteiger partial charge in [0.2, 0.25) is 0 Å². The fourth-order valence-electron chi connectivity index (χ4n) is 1.83. The van der Waals surface area contributed by atoms with Gasteiger partial charge in [0.1, 0.15) is 0 Å². The van der Waals surface area contributed by atoms with Gasteiger partial charge in [0.25, 0.3) is 0 Å². The Balaban J connectivity index is 0. The van der Waals surface area contributed by atoms with Gasteiger partial charge in [-0.2, -0.15) is 0 Å². The highest BCUT2D eigenvalue weighted by Crippen LogP contribution is 2.10. The Hall–Kier alpha value is -0.540. The molecule has 108 valence electrons.